The highest BCUT2D eigenvalue weighted by molar-refractivity contribution is 6.31. The van der Waals surface area contributed by atoms with Crippen LogP contribution in [-0.2, 0) is 11.3 Å². The zero-order valence-electron chi connectivity index (χ0n) is 15.4. The van der Waals surface area contributed by atoms with E-state index < -0.39 is 0 Å². The Balaban J connectivity index is 1.53. The zero-order chi connectivity index (χ0) is 19.7. The Hall–Kier alpha value is -3.12. The van der Waals surface area contributed by atoms with Gasteiger partial charge in [-0.2, -0.15) is 0 Å². The summed E-state index contributed by atoms with van der Waals surface area (Å²) < 4.78 is 3.48. The maximum Gasteiger partial charge on any atom is 0.276 e. The van der Waals surface area contributed by atoms with Gasteiger partial charge in [-0.05, 0) is 55.3 Å². The normalized spacial score (nSPS) is 11.2. The van der Waals surface area contributed by atoms with Gasteiger partial charge >= 0.3 is 0 Å². The molecule has 0 aliphatic carbocycles. The first-order valence-corrected chi connectivity index (χ1v) is 9.43. The van der Waals surface area contributed by atoms with Crippen LogP contribution >= 0.6 is 11.6 Å². The summed E-state index contributed by atoms with van der Waals surface area (Å²) in [5.74, 6) is -0.112. The van der Waals surface area contributed by atoms with E-state index in [4.69, 9.17) is 11.6 Å². The van der Waals surface area contributed by atoms with Crippen LogP contribution in [0.5, 0.6) is 0 Å². The van der Waals surface area contributed by atoms with E-state index in [0.29, 0.717) is 41.3 Å². The van der Waals surface area contributed by atoms with Crippen molar-refractivity contribution in [3.05, 3.63) is 75.8 Å². The number of pyridine rings is 1. The Morgan fingerprint density at radius 2 is 1.96 bits per heavy atom. The monoisotopic (exact) mass is 394 g/mol. The number of rotatable bonds is 5. The van der Waals surface area contributed by atoms with Gasteiger partial charge < -0.3 is 9.72 Å². The van der Waals surface area contributed by atoms with E-state index in [2.05, 4.69) is 10.3 Å². The average Bonchev–Trinajstić information content (AvgIpc) is 3.18. The van der Waals surface area contributed by atoms with Crippen LogP contribution in [0, 0.1) is 6.92 Å². The highest BCUT2D eigenvalue weighted by Crippen LogP contribution is 2.23. The van der Waals surface area contributed by atoms with Crippen LogP contribution in [0.1, 0.15) is 18.4 Å². The molecule has 1 aromatic carbocycles. The molecule has 28 heavy (non-hydrogen) atoms. The van der Waals surface area contributed by atoms with Crippen LogP contribution in [0.2, 0.25) is 5.02 Å². The molecule has 7 heteroatoms. The first-order valence-electron chi connectivity index (χ1n) is 9.06. The third-order valence-electron chi connectivity index (χ3n) is 4.82. The SMILES string of the molecule is Cc1c(Cl)cccc1NC(=O)CCCn1c(=O)c2cccn2c2cccnc21. The molecule has 0 radical (unpaired) electrons. The van der Waals surface area contributed by atoms with E-state index in [1.807, 2.05) is 41.8 Å². The Kier molecular flexibility index (Phi) is 4.88. The van der Waals surface area contributed by atoms with Gasteiger partial charge in [0, 0.05) is 36.1 Å². The summed E-state index contributed by atoms with van der Waals surface area (Å²) in [5, 5.41) is 3.50. The van der Waals surface area contributed by atoms with Crippen molar-refractivity contribution in [1.29, 1.82) is 0 Å². The summed E-state index contributed by atoms with van der Waals surface area (Å²) in [5.41, 5.74) is 3.50. The number of nitrogens with one attached hydrogen (secondary N) is 1. The van der Waals surface area contributed by atoms with Gasteiger partial charge in [0.25, 0.3) is 5.56 Å². The maximum atomic E-state index is 12.8. The van der Waals surface area contributed by atoms with Gasteiger partial charge in [-0.25, -0.2) is 4.98 Å². The number of halogens is 1. The molecule has 4 rings (SSSR count). The van der Waals surface area contributed by atoms with Crippen molar-refractivity contribution >= 4 is 39.9 Å². The number of aromatic nitrogens is 3. The number of nitrogens with zero attached hydrogens (tertiary/aromatic N) is 3. The molecule has 0 aliphatic rings. The second-order valence-corrected chi connectivity index (χ2v) is 7.04. The fourth-order valence-corrected chi connectivity index (χ4v) is 3.52. The second kappa shape index (κ2) is 7.48. The molecule has 142 valence electrons. The van der Waals surface area contributed by atoms with E-state index in [-0.39, 0.29) is 11.5 Å². The third-order valence-corrected chi connectivity index (χ3v) is 5.23. The second-order valence-electron chi connectivity index (χ2n) is 6.63. The lowest BCUT2D eigenvalue weighted by atomic mass is 10.2. The molecule has 0 saturated heterocycles. The molecular formula is C21H19ClN4O2. The number of carbonyl (C=O) groups is 1. The average molecular weight is 395 g/mol. The molecule has 0 unspecified atom stereocenters. The summed E-state index contributed by atoms with van der Waals surface area (Å²) in [6, 6.07) is 12.8. The van der Waals surface area contributed by atoms with Crippen LogP contribution in [0.25, 0.3) is 16.7 Å². The van der Waals surface area contributed by atoms with Gasteiger partial charge in [-0.15, -0.1) is 0 Å². The first kappa shape index (κ1) is 18.3. The van der Waals surface area contributed by atoms with Crippen molar-refractivity contribution in [3.63, 3.8) is 0 Å². The maximum absolute atomic E-state index is 12.8. The molecule has 0 saturated carbocycles. The van der Waals surface area contributed by atoms with Crippen LogP contribution in [0.15, 0.2) is 59.7 Å². The van der Waals surface area contributed by atoms with Gasteiger partial charge in [0.2, 0.25) is 5.91 Å². The van der Waals surface area contributed by atoms with E-state index >= 15 is 0 Å². The van der Waals surface area contributed by atoms with Gasteiger partial charge in [0.1, 0.15) is 5.52 Å². The predicted molar refractivity (Wildman–Crippen MR) is 111 cm³/mol. The smallest absolute Gasteiger partial charge is 0.276 e. The van der Waals surface area contributed by atoms with Crippen molar-refractivity contribution in [3.8, 4) is 0 Å². The molecule has 0 aliphatic heterocycles. The lowest BCUT2D eigenvalue weighted by Gasteiger charge is -2.12. The minimum absolute atomic E-state index is 0.109. The largest absolute Gasteiger partial charge is 0.326 e. The topological polar surface area (TPSA) is 68.4 Å². The van der Waals surface area contributed by atoms with Crippen LogP contribution < -0.4 is 10.9 Å². The molecule has 0 atom stereocenters. The summed E-state index contributed by atoms with van der Waals surface area (Å²) in [6.45, 7) is 2.28. The number of hydrogen-bond donors (Lipinski definition) is 1. The number of hydrogen-bond acceptors (Lipinski definition) is 3. The van der Waals surface area contributed by atoms with Crippen LogP contribution in [0.4, 0.5) is 5.69 Å². The fraction of sp³-hybridized carbons (Fsp3) is 0.190. The Bertz CT molecular complexity index is 1240. The minimum Gasteiger partial charge on any atom is -0.326 e. The van der Waals surface area contributed by atoms with Gasteiger partial charge in [-0.3, -0.25) is 14.2 Å². The van der Waals surface area contributed by atoms with Crippen molar-refractivity contribution in [2.75, 3.05) is 5.32 Å². The standard InChI is InChI=1S/C21H19ClN4O2/c1-14-15(22)6-2-7-16(14)24-19(27)10-5-13-26-20-17(8-3-11-23-20)25-12-4-9-18(25)21(26)28/h2-4,6-9,11-12H,5,10,13H2,1H3,(H,24,27). The molecule has 0 fully saturated rings. The molecular weight excluding hydrogens is 376 g/mol. The van der Waals surface area contributed by atoms with E-state index in [1.54, 1.807) is 29.0 Å². The lowest BCUT2D eigenvalue weighted by molar-refractivity contribution is -0.116. The number of carbonyl (C=O) groups excluding carboxylic acids is 1. The molecule has 0 bridgehead atoms. The molecule has 6 nitrogen and oxygen atoms in total. The minimum atomic E-state index is -0.112. The molecule has 4 aromatic rings. The first-order chi connectivity index (χ1) is 13.6. The molecule has 0 spiro atoms. The number of amides is 1. The van der Waals surface area contributed by atoms with Gasteiger partial charge in [-0.1, -0.05) is 17.7 Å². The Morgan fingerprint density at radius 1 is 1.14 bits per heavy atom. The molecule has 1 amide bonds. The number of fused-ring (bicyclic) bond motifs is 3. The lowest BCUT2D eigenvalue weighted by Crippen LogP contribution is -2.24. The number of benzene rings is 1. The van der Waals surface area contributed by atoms with Crippen LogP contribution in [-0.4, -0.2) is 19.9 Å². The quantitative estimate of drug-likeness (QED) is 0.555. The van der Waals surface area contributed by atoms with Crippen LogP contribution in [0.3, 0.4) is 0 Å². The Morgan fingerprint density at radius 3 is 2.82 bits per heavy atom. The summed E-state index contributed by atoms with van der Waals surface area (Å²) in [4.78, 5) is 29.5. The van der Waals surface area contributed by atoms with Crippen molar-refractivity contribution < 1.29 is 4.79 Å². The highest BCUT2D eigenvalue weighted by atomic mass is 35.5. The summed E-state index contributed by atoms with van der Waals surface area (Å²) in [6.07, 6.45) is 4.33. The van der Waals surface area contributed by atoms with Gasteiger partial charge in [0.15, 0.2) is 5.65 Å². The fourth-order valence-electron chi connectivity index (χ4n) is 3.34. The molecule has 3 aromatic heterocycles. The molecule has 1 N–H and O–H groups in total. The molecule has 3 heterocycles. The zero-order valence-corrected chi connectivity index (χ0v) is 16.1. The number of aryl methyl sites for hydroxylation is 1. The van der Waals surface area contributed by atoms with E-state index in [9.17, 15) is 9.59 Å². The number of anilines is 1. The Labute approximate surface area is 166 Å². The third kappa shape index (κ3) is 3.27. The van der Waals surface area contributed by atoms with Gasteiger partial charge in [0.05, 0.1) is 5.52 Å². The van der Waals surface area contributed by atoms with Crippen molar-refractivity contribution in [2.24, 2.45) is 0 Å². The highest BCUT2D eigenvalue weighted by Gasteiger charge is 2.12. The van der Waals surface area contributed by atoms with Crippen molar-refractivity contribution in [1.82, 2.24) is 14.0 Å². The summed E-state index contributed by atoms with van der Waals surface area (Å²) >= 11 is 6.09. The van der Waals surface area contributed by atoms with Crippen molar-refractivity contribution in [2.45, 2.75) is 26.3 Å². The van der Waals surface area contributed by atoms with E-state index in [1.165, 1.54) is 0 Å². The summed E-state index contributed by atoms with van der Waals surface area (Å²) in [7, 11) is 0. The predicted octanol–water partition coefficient (Wildman–Crippen LogP) is 4.03. The van der Waals surface area contributed by atoms with E-state index in [0.717, 1.165) is 11.1 Å².